The first-order valence-corrected chi connectivity index (χ1v) is 44.3. The molecule has 5 aliphatic rings. The first-order chi connectivity index (χ1) is 64.6. The van der Waals surface area contributed by atoms with Crippen LogP contribution < -0.4 is 27.8 Å². The van der Waals surface area contributed by atoms with Crippen molar-refractivity contribution < 1.29 is 23.0 Å². The number of aromatic nitrogens is 12. The smallest absolute Gasteiger partial charge is 0.261 e. The molecule has 1 saturated heterocycles. The summed E-state index contributed by atoms with van der Waals surface area (Å²) in [5.41, 5.74) is 11.8. The van der Waals surface area contributed by atoms with Crippen LogP contribution in [-0.2, 0) is 63.5 Å². The lowest BCUT2D eigenvalue weighted by Gasteiger charge is -2.32. The normalized spacial score (nSPS) is 15.6. The molecule has 0 radical (unpaired) electrons. The van der Waals surface area contributed by atoms with E-state index in [1.165, 1.54) is 42.0 Å². The summed E-state index contributed by atoms with van der Waals surface area (Å²) in [4.78, 5) is 98.3. The number of hydrogen-bond donors (Lipinski definition) is 1. The minimum Gasteiger partial charge on any atom is -0.396 e. The number of morpholine rings is 1. The second kappa shape index (κ2) is 43.4. The molecule has 1 N–H and O–H groups in total. The number of aliphatic hydroxyl groups is 1. The molecule has 5 aliphatic heterocycles. The number of likely N-dealkylation sites (N-methyl/N-ethyl adjacent to an activating group) is 1. The van der Waals surface area contributed by atoms with E-state index in [1.54, 1.807) is 107 Å². The van der Waals surface area contributed by atoms with Gasteiger partial charge in [-0.2, -0.15) is 0 Å². The van der Waals surface area contributed by atoms with Crippen LogP contribution >= 0.6 is 0 Å². The van der Waals surface area contributed by atoms with Gasteiger partial charge in [0.15, 0.2) is 0 Å². The van der Waals surface area contributed by atoms with E-state index >= 15 is 0 Å². The Labute approximate surface area is 787 Å². The van der Waals surface area contributed by atoms with Gasteiger partial charge in [-0.15, -0.1) is 0 Å². The van der Waals surface area contributed by atoms with Crippen molar-refractivity contribution in [3.8, 4) is 59.2 Å². The first kappa shape index (κ1) is 96.5. The maximum Gasteiger partial charge on any atom is 0.261 e. The maximum absolute atomic E-state index is 13.3. The van der Waals surface area contributed by atoms with Crippen LogP contribution in [0.2, 0.25) is 0 Å². The van der Waals surface area contributed by atoms with Crippen molar-refractivity contribution in [2.45, 2.75) is 133 Å². The van der Waals surface area contributed by atoms with Crippen LogP contribution in [0.4, 0.5) is 13.2 Å². The number of ether oxygens (including phenoxy) is 1. The summed E-state index contributed by atoms with van der Waals surface area (Å²) in [6.07, 6.45) is 11.6. The highest BCUT2D eigenvalue weighted by molar-refractivity contribution is 5.83. The van der Waals surface area contributed by atoms with Gasteiger partial charge in [0.25, 0.3) is 27.8 Å². The van der Waals surface area contributed by atoms with E-state index in [4.69, 9.17) is 24.7 Å². The fourth-order valence-electron chi connectivity index (χ4n) is 17.2. The summed E-state index contributed by atoms with van der Waals surface area (Å²) in [5.74, 6) is 33.8. The Morgan fingerprint density at radius 1 is 0.426 bits per heavy atom. The van der Waals surface area contributed by atoms with Crippen molar-refractivity contribution in [1.29, 1.82) is 0 Å². The Morgan fingerprint density at radius 3 is 1.33 bits per heavy atom. The number of aliphatic hydroxyl groups excluding tert-OH is 1. The summed E-state index contributed by atoms with van der Waals surface area (Å²) in [7, 11) is 3.74. The fourth-order valence-corrected chi connectivity index (χ4v) is 17.2. The Bertz CT molecular complexity index is 7870. The topological polar surface area (TPSA) is 233 Å². The molecule has 1 fully saturated rings. The third-order valence-corrected chi connectivity index (χ3v) is 24.1. The molecular formula is C113H104F3N13O7. The van der Waals surface area contributed by atoms with E-state index in [0.717, 1.165) is 138 Å². The third-order valence-electron chi connectivity index (χ3n) is 24.1. The lowest BCUT2D eigenvalue weighted by Crippen LogP contribution is -2.40. The van der Waals surface area contributed by atoms with Crippen LogP contribution in [0.25, 0.3) is 54.5 Å². The SMILES string of the molecule is C.C.C.CC1(C)Cc2nc3cc(C#Cc4ccccn4)ccc3c(=O)n2C1.CC1CCCCc2nc3cc(C#Cc4ccccn4)ccc3c(=O)n21.CN1CCOCC1c1nc2cc(C#Cc3cccc(F)c3)ccc2c(=O)n1C.O=c1c2ccc(C#Cc3cccc(F)c3)cc2nc2n1CC(CO)CC2.O=c1c2ccc(C#Cc3cccc(F)c3)cc2nc2n1CC(Cc1ccccc1)C2. The van der Waals surface area contributed by atoms with Gasteiger partial charge in [0.2, 0.25) is 0 Å². The second-order valence-electron chi connectivity index (χ2n) is 34.6. The van der Waals surface area contributed by atoms with Crippen LogP contribution in [0.3, 0.4) is 0 Å². The Morgan fingerprint density at radius 2 is 0.853 bits per heavy atom. The number of fused-ring (bicyclic) bond motifs is 9. The summed E-state index contributed by atoms with van der Waals surface area (Å²) in [5, 5.41) is 12.4. The Kier molecular flexibility index (Phi) is 30.8. The molecule has 7 aromatic heterocycles. The zero-order valence-corrected chi connectivity index (χ0v) is 74.1. The number of aryl methyl sites for hydroxylation is 2. The molecule has 0 aliphatic carbocycles. The van der Waals surface area contributed by atoms with Gasteiger partial charge in [0.1, 0.15) is 58.0 Å². The van der Waals surface area contributed by atoms with Crippen molar-refractivity contribution in [1.82, 2.24) is 62.6 Å². The van der Waals surface area contributed by atoms with Gasteiger partial charge in [0.05, 0.1) is 73.8 Å². The quantitative estimate of drug-likeness (QED) is 0.161. The highest BCUT2D eigenvalue weighted by Gasteiger charge is 2.32. The summed E-state index contributed by atoms with van der Waals surface area (Å²) < 4.78 is 54.2. The van der Waals surface area contributed by atoms with Crippen molar-refractivity contribution in [2.75, 3.05) is 33.4 Å². The Hall–Kier alpha value is -15.6. The molecule has 0 bridgehead atoms. The number of nitrogens with zero attached hydrogens (tertiary/aromatic N) is 13. The number of halogens is 3. The van der Waals surface area contributed by atoms with Crippen molar-refractivity contribution in [3.63, 3.8) is 0 Å². The summed E-state index contributed by atoms with van der Waals surface area (Å²) in [6, 6.07) is 67.6. The van der Waals surface area contributed by atoms with Crippen molar-refractivity contribution in [3.05, 3.63) is 403 Å². The van der Waals surface area contributed by atoms with E-state index in [-0.39, 0.29) is 97.6 Å². The highest BCUT2D eigenvalue weighted by atomic mass is 19.1. The van der Waals surface area contributed by atoms with E-state index in [1.807, 2.05) is 124 Å². The molecule has 0 saturated carbocycles. The average Bonchev–Trinajstić information content (AvgIpc) is 1.37. The van der Waals surface area contributed by atoms with Gasteiger partial charge < -0.3 is 9.84 Å². The Balaban J connectivity index is 0.000000136. The zero-order valence-electron chi connectivity index (χ0n) is 74.1. The molecule has 0 spiro atoms. The van der Waals surface area contributed by atoms with Gasteiger partial charge in [-0.05, 0) is 238 Å². The average molecular weight is 1810 g/mol. The molecule has 684 valence electrons. The largest absolute Gasteiger partial charge is 0.396 e. The summed E-state index contributed by atoms with van der Waals surface area (Å²) >= 11 is 0. The van der Waals surface area contributed by atoms with Gasteiger partial charge in [-0.3, -0.25) is 51.7 Å². The molecule has 4 unspecified atom stereocenters. The fraction of sp³-hybridized carbons (Fsp3) is 0.257. The molecule has 16 aromatic rings. The summed E-state index contributed by atoms with van der Waals surface area (Å²) in [6.45, 7) is 10.4. The van der Waals surface area contributed by atoms with Gasteiger partial charge in [-0.1, -0.05) is 151 Å². The standard InChI is InChI=1S/C26H19FN2O.C22H20FN3O2.C21H17FN2O2.C21H19N3O.C20H17N3O.3CH4/c27-22-8-4-7-19(14-22)9-10-20-11-12-23-24(15-20)28-25-16-21(17-29(25)26(23)30)13-18-5-2-1-3-6-18;1-25-10-11-28-14-20(25)21-24-19-13-16(8-9-18(19)22(27)26(21)2)7-6-15-4-3-5-17(23)12-15;22-17-3-1-2-14(10-17)4-5-15-6-8-18-19(11-15)23-20-9-7-16(13-25)12-24(20)21(18)26;1-15-6-2-3-8-20-23-19-14-16(9-11-17-7-4-5-13-22-17)10-12-18(19)21(25)24(15)20;1-20(2)12-18-22-17-11-14(6-8-15-5-3-4-10-21-15)7-9-16(17)19(24)23(18)13-20;;;/h1-8,11-12,14-15,21H,13,16-17H2;3-5,8-9,12-13,20H,10-11,14H2,1-2H3;1-3,6,8,10-11,16,25H,7,9,12-13H2;4-5,7,10,12-15H,2-3,6,8H2,1H3;3-5,7,9-11H,12-13H2,1-2H3;3*1H4. The lowest BCUT2D eigenvalue weighted by atomic mass is 9.92. The van der Waals surface area contributed by atoms with Crippen LogP contribution in [0.15, 0.2) is 267 Å². The predicted molar refractivity (Wildman–Crippen MR) is 531 cm³/mol. The van der Waals surface area contributed by atoms with Crippen LogP contribution in [0.5, 0.6) is 0 Å². The number of pyridine rings is 2. The highest BCUT2D eigenvalue weighted by Crippen LogP contribution is 2.32. The van der Waals surface area contributed by atoms with Crippen molar-refractivity contribution in [2.24, 2.45) is 24.3 Å². The molecule has 12 heterocycles. The monoisotopic (exact) mass is 1810 g/mol. The molecule has 21 rings (SSSR count). The number of benzene rings is 9. The minimum absolute atomic E-state index is 0. The van der Waals surface area contributed by atoms with Crippen LogP contribution in [0.1, 0.15) is 171 Å². The molecule has 4 atom stereocenters. The van der Waals surface area contributed by atoms with E-state index in [0.29, 0.717) is 105 Å². The van der Waals surface area contributed by atoms with Gasteiger partial charge in [0, 0.05) is 134 Å². The van der Waals surface area contributed by atoms with E-state index in [9.17, 15) is 42.3 Å². The molecule has 23 heteroatoms. The van der Waals surface area contributed by atoms with Crippen LogP contribution in [0, 0.1) is 93.9 Å². The molecular weight excluding hydrogens is 1710 g/mol. The van der Waals surface area contributed by atoms with E-state index in [2.05, 4.69) is 112 Å². The van der Waals surface area contributed by atoms with Crippen molar-refractivity contribution >= 4 is 54.5 Å². The van der Waals surface area contributed by atoms with Gasteiger partial charge in [-0.25, -0.2) is 48.1 Å². The predicted octanol–water partition coefficient (Wildman–Crippen LogP) is 17.5. The lowest BCUT2D eigenvalue weighted by molar-refractivity contribution is 0.000513. The van der Waals surface area contributed by atoms with Crippen LogP contribution in [-0.4, -0.2) is 101 Å². The first-order valence-electron chi connectivity index (χ1n) is 44.3. The number of rotatable bonds is 4. The minimum atomic E-state index is -0.321. The zero-order chi connectivity index (χ0) is 92.2. The second-order valence-corrected chi connectivity index (χ2v) is 34.6. The molecule has 20 nitrogen and oxygen atoms in total. The molecule has 0 amide bonds. The molecule has 136 heavy (non-hydrogen) atoms. The van der Waals surface area contributed by atoms with Gasteiger partial charge >= 0.3 is 0 Å². The third kappa shape index (κ3) is 22.8. The maximum atomic E-state index is 13.3. The van der Waals surface area contributed by atoms with E-state index < -0.39 is 0 Å². The molecule has 9 aromatic carbocycles. The number of hydrogen-bond acceptors (Lipinski definition) is 15.